The van der Waals surface area contributed by atoms with E-state index in [2.05, 4.69) is 10.2 Å². The molecule has 1 saturated carbocycles. The van der Waals surface area contributed by atoms with Crippen molar-refractivity contribution in [3.63, 3.8) is 0 Å². The third-order valence-electron chi connectivity index (χ3n) is 4.48. The fourth-order valence-electron chi connectivity index (χ4n) is 2.81. The number of likely N-dealkylation sites (tertiary alicyclic amines) is 1. The van der Waals surface area contributed by atoms with E-state index in [1.165, 1.54) is 12.1 Å². The first kappa shape index (κ1) is 14.4. The van der Waals surface area contributed by atoms with E-state index in [1.807, 2.05) is 0 Å². The standard InChI is InChI=1S/C16H20F2N2O/c1-12-5-2-3-6-13(12)16(17,18)14(21)19-15(7-8-15)11-20-9-4-10-20/h2-3,5-6H,4,7-11H2,1H3,(H,19,21). The minimum Gasteiger partial charge on any atom is -0.344 e. The van der Waals surface area contributed by atoms with Gasteiger partial charge in [-0.3, -0.25) is 4.79 Å². The van der Waals surface area contributed by atoms with Crippen LogP contribution in [-0.4, -0.2) is 36.0 Å². The molecule has 0 unspecified atom stereocenters. The van der Waals surface area contributed by atoms with Crippen LogP contribution in [0.2, 0.25) is 0 Å². The molecule has 2 aliphatic rings. The normalized spacial score (nSPS) is 20.7. The molecule has 0 aromatic heterocycles. The van der Waals surface area contributed by atoms with E-state index < -0.39 is 17.4 Å². The van der Waals surface area contributed by atoms with E-state index >= 15 is 0 Å². The molecule has 1 heterocycles. The van der Waals surface area contributed by atoms with Gasteiger partial charge in [0, 0.05) is 12.1 Å². The highest BCUT2D eigenvalue weighted by Crippen LogP contribution is 2.39. The van der Waals surface area contributed by atoms with Gasteiger partial charge in [0.2, 0.25) is 0 Å². The van der Waals surface area contributed by atoms with E-state index in [4.69, 9.17) is 0 Å². The molecule has 1 amide bonds. The average Bonchev–Trinajstić information content (AvgIpc) is 3.14. The fourth-order valence-corrected chi connectivity index (χ4v) is 2.81. The Morgan fingerprint density at radius 1 is 1.33 bits per heavy atom. The number of nitrogens with one attached hydrogen (secondary N) is 1. The summed E-state index contributed by atoms with van der Waals surface area (Å²) < 4.78 is 28.8. The minimum absolute atomic E-state index is 0.206. The molecule has 1 saturated heterocycles. The predicted octanol–water partition coefficient (Wildman–Crippen LogP) is 2.44. The van der Waals surface area contributed by atoms with Gasteiger partial charge in [-0.1, -0.05) is 24.3 Å². The molecule has 0 bridgehead atoms. The molecule has 0 spiro atoms. The highest BCUT2D eigenvalue weighted by Gasteiger charge is 2.51. The van der Waals surface area contributed by atoms with Crippen molar-refractivity contribution in [2.75, 3.05) is 19.6 Å². The summed E-state index contributed by atoms with van der Waals surface area (Å²) in [5.74, 6) is -4.65. The first-order chi connectivity index (χ1) is 9.93. The van der Waals surface area contributed by atoms with Crippen LogP contribution in [0.25, 0.3) is 0 Å². The zero-order valence-electron chi connectivity index (χ0n) is 12.2. The lowest BCUT2D eigenvalue weighted by molar-refractivity contribution is -0.148. The van der Waals surface area contributed by atoms with E-state index in [0.29, 0.717) is 12.1 Å². The van der Waals surface area contributed by atoms with Crippen molar-refractivity contribution >= 4 is 5.91 Å². The molecule has 1 aromatic carbocycles. The molecule has 1 aliphatic carbocycles. The van der Waals surface area contributed by atoms with Crippen LogP contribution in [0.5, 0.6) is 0 Å². The molecule has 2 fully saturated rings. The van der Waals surface area contributed by atoms with Gasteiger partial charge in [-0.05, 0) is 44.8 Å². The van der Waals surface area contributed by atoms with Crippen molar-refractivity contribution in [3.05, 3.63) is 35.4 Å². The largest absolute Gasteiger partial charge is 0.350 e. The van der Waals surface area contributed by atoms with Gasteiger partial charge in [0.05, 0.1) is 5.54 Å². The number of carbonyl (C=O) groups is 1. The van der Waals surface area contributed by atoms with Crippen LogP contribution < -0.4 is 5.32 Å². The summed E-state index contributed by atoms with van der Waals surface area (Å²) in [7, 11) is 0. The molecular weight excluding hydrogens is 274 g/mol. The molecule has 0 radical (unpaired) electrons. The topological polar surface area (TPSA) is 32.3 Å². The zero-order valence-corrected chi connectivity index (χ0v) is 12.2. The number of rotatable bonds is 5. The maximum atomic E-state index is 14.4. The number of carbonyl (C=O) groups excluding carboxylic acids is 1. The maximum Gasteiger partial charge on any atom is 0.350 e. The molecular formula is C16H20F2N2O. The number of benzene rings is 1. The molecule has 3 rings (SSSR count). The second-order valence-electron chi connectivity index (χ2n) is 6.25. The molecule has 5 heteroatoms. The SMILES string of the molecule is Cc1ccccc1C(F)(F)C(=O)NC1(CN2CCC2)CC1. The maximum absolute atomic E-state index is 14.4. The van der Waals surface area contributed by atoms with Gasteiger partial charge in [0.25, 0.3) is 5.91 Å². The van der Waals surface area contributed by atoms with Crippen LogP contribution in [0, 0.1) is 6.92 Å². The first-order valence-electron chi connectivity index (χ1n) is 7.42. The lowest BCUT2D eigenvalue weighted by Gasteiger charge is -2.35. The summed E-state index contributed by atoms with van der Waals surface area (Å²) >= 11 is 0. The zero-order chi connectivity index (χ0) is 15.1. The van der Waals surface area contributed by atoms with Gasteiger partial charge in [-0.2, -0.15) is 8.78 Å². The minimum atomic E-state index is -3.48. The van der Waals surface area contributed by atoms with Gasteiger partial charge in [-0.25, -0.2) is 0 Å². The van der Waals surface area contributed by atoms with Crippen molar-refractivity contribution in [1.82, 2.24) is 10.2 Å². The summed E-state index contributed by atoms with van der Waals surface area (Å²) in [6.45, 7) is 4.31. The predicted molar refractivity (Wildman–Crippen MR) is 76.2 cm³/mol. The number of hydrogen-bond donors (Lipinski definition) is 1. The Morgan fingerprint density at radius 3 is 2.52 bits per heavy atom. The van der Waals surface area contributed by atoms with Crippen molar-refractivity contribution in [2.24, 2.45) is 0 Å². The first-order valence-corrected chi connectivity index (χ1v) is 7.42. The molecule has 3 nitrogen and oxygen atoms in total. The van der Waals surface area contributed by atoms with Gasteiger partial charge >= 0.3 is 5.92 Å². The van der Waals surface area contributed by atoms with Crippen molar-refractivity contribution in [2.45, 2.75) is 37.6 Å². The average molecular weight is 294 g/mol. The molecule has 21 heavy (non-hydrogen) atoms. The lowest BCUT2D eigenvalue weighted by Crippen LogP contribution is -2.53. The number of hydrogen-bond acceptors (Lipinski definition) is 2. The van der Waals surface area contributed by atoms with Crippen LogP contribution in [0.15, 0.2) is 24.3 Å². The van der Waals surface area contributed by atoms with Crippen LogP contribution in [-0.2, 0) is 10.7 Å². The van der Waals surface area contributed by atoms with E-state index in [1.54, 1.807) is 19.1 Å². The summed E-state index contributed by atoms with van der Waals surface area (Å²) in [6, 6.07) is 6.16. The molecule has 0 atom stereocenters. The lowest BCUT2D eigenvalue weighted by atomic mass is 10.0. The Kier molecular flexibility index (Phi) is 3.48. The molecule has 1 aliphatic heterocycles. The number of halogens is 2. The third kappa shape index (κ3) is 2.79. The smallest absolute Gasteiger partial charge is 0.344 e. The van der Waals surface area contributed by atoms with E-state index in [-0.39, 0.29) is 5.56 Å². The highest BCUT2D eigenvalue weighted by molar-refractivity contribution is 5.86. The van der Waals surface area contributed by atoms with Crippen LogP contribution in [0.1, 0.15) is 30.4 Å². The quantitative estimate of drug-likeness (QED) is 0.904. The summed E-state index contributed by atoms with van der Waals surface area (Å²) in [6.07, 6.45) is 2.74. The van der Waals surface area contributed by atoms with Gasteiger partial charge < -0.3 is 10.2 Å². The Balaban J connectivity index is 1.71. The molecule has 114 valence electrons. The van der Waals surface area contributed by atoms with Gasteiger partial charge in [0.1, 0.15) is 0 Å². The van der Waals surface area contributed by atoms with Gasteiger partial charge in [0.15, 0.2) is 0 Å². The third-order valence-corrected chi connectivity index (χ3v) is 4.48. The number of alkyl halides is 2. The number of amides is 1. The highest BCUT2D eigenvalue weighted by atomic mass is 19.3. The molecule has 1 N–H and O–H groups in total. The summed E-state index contributed by atoms with van der Waals surface area (Å²) in [4.78, 5) is 14.3. The van der Waals surface area contributed by atoms with Crippen LogP contribution in [0.4, 0.5) is 8.78 Å². The second-order valence-corrected chi connectivity index (χ2v) is 6.25. The Morgan fingerprint density at radius 2 is 2.00 bits per heavy atom. The van der Waals surface area contributed by atoms with Gasteiger partial charge in [-0.15, -0.1) is 0 Å². The summed E-state index contributed by atoms with van der Waals surface area (Å²) in [5.41, 5.74) is -0.198. The van der Waals surface area contributed by atoms with Crippen molar-refractivity contribution in [1.29, 1.82) is 0 Å². The number of nitrogens with zero attached hydrogens (tertiary/aromatic N) is 1. The van der Waals surface area contributed by atoms with Crippen molar-refractivity contribution < 1.29 is 13.6 Å². The van der Waals surface area contributed by atoms with Crippen LogP contribution in [0.3, 0.4) is 0 Å². The van der Waals surface area contributed by atoms with E-state index in [9.17, 15) is 13.6 Å². The monoisotopic (exact) mass is 294 g/mol. The Hall–Kier alpha value is -1.49. The summed E-state index contributed by atoms with van der Waals surface area (Å²) in [5, 5.41) is 2.60. The van der Waals surface area contributed by atoms with Crippen molar-refractivity contribution in [3.8, 4) is 0 Å². The fraction of sp³-hybridized carbons (Fsp3) is 0.562. The second kappa shape index (κ2) is 5.05. The van der Waals surface area contributed by atoms with E-state index in [0.717, 1.165) is 32.4 Å². The Labute approximate surface area is 123 Å². The molecule has 1 aromatic rings. The Bertz CT molecular complexity index is 551. The van der Waals surface area contributed by atoms with Crippen LogP contribution >= 0.6 is 0 Å². The number of aryl methyl sites for hydroxylation is 1.